The predicted molar refractivity (Wildman–Crippen MR) is 77.3 cm³/mol. The third kappa shape index (κ3) is 2.40. The van der Waals surface area contributed by atoms with Crippen molar-refractivity contribution in [2.24, 2.45) is 0 Å². The minimum absolute atomic E-state index is 0.527. The predicted octanol–water partition coefficient (Wildman–Crippen LogP) is 4.79. The van der Waals surface area contributed by atoms with E-state index in [0.29, 0.717) is 5.92 Å². The molecule has 1 heteroatoms. The summed E-state index contributed by atoms with van der Waals surface area (Å²) >= 11 is 0. The lowest BCUT2D eigenvalue weighted by atomic mass is 9.94. The zero-order chi connectivity index (χ0) is 13.1. The molecule has 0 aliphatic rings. The molecule has 0 heterocycles. The van der Waals surface area contributed by atoms with Crippen molar-refractivity contribution < 1.29 is 4.74 Å². The highest BCUT2D eigenvalue weighted by Crippen LogP contribution is 2.34. The maximum atomic E-state index is 5.49. The molecule has 0 N–H and O–H groups in total. The molecule has 0 aliphatic heterocycles. The van der Waals surface area contributed by atoms with Crippen molar-refractivity contribution in [3.05, 3.63) is 53.6 Å². The number of hydrogen-bond donors (Lipinski definition) is 0. The van der Waals surface area contributed by atoms with Gasteiger partial charge in [0.1, 0.15) is 5.75 Å². The van der Waals surface area contributed by atoms with Gasteiger partial charge < -0.3 is 4.74 Å². The number of methoxy groups -OCH3 is 1. The van der Waals surface area contributed by atoms with Crippen LogP contribution < -0.4 is 4.74 Å². The van der Waals surface area contributed by atoms with Crippen LogP contribution >= 0.6 is 0 Å². The topological polar surface area (TPSA) is 9.23 Å². The molecular weight excluding hydrogens is 220 g/mol. The van der Waals surface area contributed by atoms with E-state index in [2.05, 4.69) is 63.2 Å². The number of ether oxygens (including phenoxy) is 1. The molecule has 2 aromatic rings. The van der Waals surface area contributed by atoms with Crippen LogP contribution in [0.5, 0.6) is 5.75 Å². The first kappa shape index (κ1) is 12.7. The van der Waals surface area contributed by atoms with E-state index >= 15 is 0 Å². The van der Waals surface area contributed by atoms with Gasteiger partial charge in [-0.05, 0) is 41.7 Å². The van der Waals surface area contributed by atoms with Crippen LogP contribution in [0.25, 0.3) is 11.1 Å². The van der Waals surface area contributed by atoms with Crippen LogP contribution in [0.3, 0.4) is 0 Å². The average molecular weight is 240 g/mol. The van der Waals surface area contributed by atoms with Crippen molar-refractivity contribution in [3.63, 3.8) is 0 Å². The summed E-state index contributed by atoms with van der Waals surface area (Å²) in [5.74, 6) is 1.47. The van der Waals surface area contributed by atoms with Gasteiger partial charge in [0.2, 0.25) is 0 Å². The standard InChI is InChI=1S/C17H20O/c1-12(2)14-9-10-17(18-4)16(11-14)15-8-6-5-7-13(15)3/h5-12H,1-4H3. The Kier molecular flexibility index (Phi) is 3.71. The molecule has 0 aliphatic carbocycles. The molecule has 94 valence electrons. The highest BCUT2D eigenvalue weighted by atomic mass is 16.5. The Bertz CT molecular complexity index is 541. The molecule has 0 saturated carbocycles. The minimum atomic E-state index is 0.527. The van der Waals surface area contributed by atoms with Gasteiger partial charge in [0.25, 0.3) is 0 Å². The molecule has 0 atom stereocenters. The smallest absolute Gasteiger partial charge is 0.126 e. The van der Waals surface area contributed by atoms with Gasteiger partial charge in [-0.3, -0.25) is 0 Å². The van der Waals surface area contributed by atoms with Crippen molar-refractivity contribution in [3.8, 4) is 16.9 Å². The summed E-state index contributed by atoms with van der Waals surface area (Å²) in [4.78, 5) is 0. The fourth-order valence-corrected chi connectivity index (χ4v) is 2.17. The van der Waals surface area contributed by atoms with Crippen LogP contribution in [0, 0.1) is 6.92 Å². The molecular formula is C17H20O. The fourth-order valence-electron chi connectivity index (χ4n) is 2.17. The van der Waals surface area contributed by atoms with Gasteiger partial charge in [0.05, 0.1) is 7.11 Å². The van der Waals surface area contributed by atoms with Crippen LogP contribution in [0.15, 0.2) is 42.5 Å². The molecule has 2 aromatic carbocycles. The quantitative estimate of drug-likeness (QED) is 0.749. The number of hydrogen-bond acceptors (Lipinski definition) is 1. The summed E-state index contributed by atoms with van der Waals surface area (Å²) in [6.07, 6.45) is 0. The molecule has 18 heavy (non-hydrogen) atoms. The summed E-state index contributed by atoms with van der Waals surface area (Å²) in [6.45, 7) is 6.56. The van der Waals surface area contributed by atoms with Crippen LogP contribution in [0.2, 0.25) is 0 Å². The summed E-state index contributed by atoms with van der Waals surface area (Å²) in [5, 5.41) is 0. The molecule has 0 unspecified atom stereocenters. The van der Waals surface area contributed by atoms with Crippen LogP contribution in [-0.2, 0) is 0 Å². The normalized spacial score (nSPS) is 10.7. The zero-order valence-electron chi connectivity index (χ0n) is 11.5. The first-order valence-corrected chi connectivity index (χ1v) is 6.37. The Morgan fingerprint density at radius 1 is 0.944 bits per heavy atom. The summed E-state index contributed by atoms with van der Waals surface area (Å²) in [7, 11) is 1.73. The van der Waals surface area contributed by atoms with Crippen LogP contribution in [0.4, 0.5) is 0 Å². The number of benzene rings is 2. The highest BCUT2D eigenvalue weighted by Gasteiger charge is 2.10. The fraction of sp³-hybridized carbons (Fsp3) is 0.294. The molecule has 0 radical (unpaired) electrons. The second-order valence-corrected chi connectivity index (χ2v) is 4.93. The second-order valence-electron chi connectivity index (χ2n) is 4.93. The van der Waals surface area contributed by atoms with Gasteiger partial charge in [-0.1, -0.05) is 44.2 Å². The molecule has 0 bridgehead atoms. The lowest BCUT2D eigenvalue weighted by Gasteiger charge is -2.14. The Hall–Kier alpha value is -1.76. The molecule has 0 amide bonds. The lowest BCUT2D eigenvalue weighted by molar-refractivity contribution is 0.416. The maximum absolute atomic E-state index is 5.49. The number of rotatable bonds is 3. The molecule has 0 spiro atoms. The second kappa shape index (κ2) is 5.26. The molecule has 0 saturated heterocycles. The van der Waals surface area contributed by atoms with E-state index in [4.69, 9.17) is 4.74 Å². The van der Waals surface area contributed by atoms with Crippen molar-refractivity contribution in [2.75, 3.05) is 7.11 Å². The number of aryl methyl sites for hydroxylation is 1. The third-order valence-corrected chi connectivity index (χ3v) is 3.33. The van der Waals surface area contributed by atoms with E-state index in [9.17, 15) is 0 Å². The van der Waals surface area contributed by atoms with Gasteiger partial charge in [0, 0.05) is 5.56 Å². The first-order valence-electron chi connectivity index (χ1n) is 6.37. The Morgan fingerprint density at radius 2 is 1.67 bits per heavy atom. The largest absolute Gasteiger partial charge is 0.496 e. The van der Waals surface area contributed by atoms with E-state index in [1.165, 1.54) is 22.3 Å². The van der Waals surface area contributed by atoms with E-state index in [0.717, 1.165) is 5.75 Å². The first-order chi connectivity index (χ1) is 8.63. The van der Waals surface area contributed by atoms with E-state index < -0.39 is 0 Å². The van der Waals surface area contributed by atoms with E-state index in [1.54, 1.807) is 7.11 Å². The maximum Gasteiger partial charge on any atom is 0.126 e. The van der Waals surface area contributed by atoms with Gasteiger partial charge in [-0.2, -0.15) is 0 Å². The van der Waals surface area contributed by atoms with Crippen molar-refractivity contribution in [1.29, 1.82) is 0 Å². The summed E-state index contributed by atoms with van der Waals surface area (Å²) < 4.78 is 5.49. The lowest BCUT2D eigenvalue weighted by Crippen LogP contribution is -1.94. The van der Waals surface area contributed by atoms with Crippen molar-refractivity contribution in [2.45, 2.75) is 26.7 Å². The Balaban J connectivity index is 2.61. The molecule has 0 aromatic heterocycles. The van der Waals surface area contributed by atoms with Crippen molar-refractivity contribution >= 4 is 0 Å². The third-order valence-electron chi connectivity index (χ3n) is 3.33. The van der Waals surface area contributed by atoms with Crippen LogP contribution in [0.1, 0.15) is 30.9 Å². The molecule has 0 fully saturated rings. The molecule has 2 rings (SSSR count). The van der Waals surface area contributed by atoms with E-state index in [-0.39, 0.29) is 0 Å². The van der Waals surface area contributed by atoms with E-state index in [1.807, 2.05) is 0 Å². The summed E-state index contributed by atoms with van der Waals surface area (Å²) in [6, 6.07) is 14.9. The van der Waals surface area contributed by atoms with Gasteiger partial charge in [-0.25, -0.2) is 0 Å². The Morgan fingerprint density at radius 3 is 2.28 bits per heavy atom. The van der Waals surface area contributed by atoms with Gasteiger partial charge in [-0.15, -0.1) is 0 Å². The summed E-state index contributed by atoms with van der Waals surface area (Å²) in [5.41, 5.74) is 5.05. The van der Waals surface area contributed by atoms with Crippen molar-refractivity contribution in [1.82, 2.24) is 0 Å². The van der Waals surface area contributed by atoms with Crippen LogP contribution in [-0.4, -0.2) is 7.11 Å². The Labute approximate surface area is 109 Å². The highest BCUT2D eigenvalue weighted by molar-refractivity contribution is 5.74. The molecule has 1 nitrogen and oxygen atoms in total. The average Bonchev–Trinajstić information content (AvgIpc) is 2.38. The van der Waals surface area contributed by atoms with Gasteiger partial charge >= 0.3 is 0 Å². The van der Waals surface area contributed by atoms with Gasteiger partial charge in [0.15, 0.2) is 0 Å². The zero-order valence-corrected chi connectivity index (χ0v) is 11.5. The SMILES string of the molecule is COc1ccc(C(C)C)cc1-c1ccccc1C. The minimum Gasteiger partial charge on any atom is -0.496 e. The monoisotopic (exact) mass is 240 g/mol.